The molecule has 0 unspecified atom stereocenters. The molecule has 0 saturated carbocycles. The number of carbonyl (C=O) groups excluding carboxylic acids is 1. The summed E-state index contributed by atoms with van der Waals surface area (Å²) >= 11 is 0. The topological polar surface area (TPSA) is 64.4 Å². The summed E-state index contributed by atoms with van der Waals surface area (Å²) < 4.78 is 7.84. The minimum absolute atomic E-state index is 0.122. The summed E-state index contributed by atoms with van der Waals surface area (Å²) in [6.45, 7) is 12.3. The van der Waals surface area contributed by atoms with Crippen LogP contribution in [-0.2, 0) is 22.7 Å². The smallest absolute Gasteiger partial charge is 0.187 e. The average molecular weight is 413 g/mol. The Morgan fingerprint density at radius 3 is 2.79 bits per heavy atom. The number of aliphatic hydroxyl groups excluding tert-OH is 1. The first-order valence-corrected chi connectivity index (χ1v) is 14.4. The van der Waals surface area contributed by atoms with E-state index in [-0.39, 0.29) is 11.2 Å². The lowest BCUT2D eigenvalue weighted by molar-refractivity contribution is -0.125. The number of ketones is 1. The van der Waals surface area contributed by atoms with Crippen LogP contribution >= 0.6 is 0 Å². The molecular formula is C23H32N2O3Si. The number of benzene rings is 1. The second-order valence-corrected chi connectivity index (χ2v) is 15.5. The number of ether oxygens (including phenoxy) is 1. The Kier molecular flexibility index (Phi) is 5.08. The van der Waals surface area contributed by atoms with Crippen LogP contribution in [0.1, 0.15) is 37.8 Å². The summed E-state index contributed by atoms with van der Waals surface area (Å²) in [5, 5.41) is 16.1. The zero-order valence-electron chi connectivity index (χ0n) is 18.2. The molecule has 0 aliphatic heterocycles. The molecule has 0 bridgehead atoms. The highest BCUT2D eigenvalue weighted by Crippen LogP contribution is 2.56. The lowest BCUT2D eigenvalue weighted by atomic mass is 9.67. The highest BCUT2D eigenvalue weighted by atomic mass is 28.3. The normalized spacial score (nSPS) is 24.3. The number of carbonyl (C=O) groups is 1. The third-order valence-electron chi connectivity index (χ3n) is 6.77. The van der Waals surface area contributed by atoms with Gasteiger partial charge in [-0.3, -0.25) is 4.79 Å². The van der Waals surface area contributed by atoms with Gasteiger partial charge in [0, 0.05) is 25.5 Å². The van der Waals surface area contributed by atoms with Gasteiger partial charge in [0.1, 0.15) is 12.8 Å². The Labute approximate surface area is 173 Å². The first-order chi connectivity index (χ1) is 13.7. The van der Waals surface area contributed by atoms with Crippen molar-refractivity contribution in [2.24, 2.45) is 5.41 Å². The number of rotatable bonds is 6. The van der Waals surface area contributed by atoms with Crippen LogP contribution in [0.2, 0.25) is 25.7 Å². The molecule has 29 heavy (non-hydrogen) atoms. The molecule has 2 aliphatic rings. The zero-order valence-corrected chi connectivity index (χ0v) is 19.2. The lowest BCUT2D eigenvalue weighted by Crippen LogP contribution is -2.37. The van der Waals surface area contributed by atoms with Gasteiger partial charge >= 0.3 is 0 Å². The van der Waals surface area contributed by atoms with Gasteiger partial charge in [0.15, 0.2) is 5.78 Å². The van der Waals surface area contributed by atoms with Gasteiger partial charge in [0.25, 0.3) is 0 Å². The van der Waals surface area contributed by atoms with Crippen LogP contribution in [0.25, 0.3) is 16.5 Å². The molecule has 156 valence electrons. The highest BCUT2D eigenvalue weighted by Gasteiger charge is 2.48. The average Bonchev–Trinajstić information content (AvgIpc) is 3.21. The standard InChI is InChI=1S/C23H32N2O3Si/c1-6-23-11-17-16(21(23)15(2)22(27)20(26)12-23)7-8-19-18(17)13-24-25(19)14-28-9-10-29(3,4)5/h7-8,13,20,26H,6,9-12,14H2,1-5H3/t20-,23+/m0/s1. The minimum Gasteiger partial charge on any atom is -0.385 e. The van der Waals surface area contributed by atoms with Crippen LogP contribution in [0.4, 0.5) is 0 Å². The summed E-state index contributed by atoms with van der Waals surface area (Å²) in [6.07, 6.45) is 3.33. The maximum Gasteiger partial charge on any atom is 0.187 e. The first-order valence-electron chi connectivity index (χ1n) is 10.7. The maximum atomic E-state index is 12.5. The van der Waals surface area contributed by atoms with Crippen molar-refractivity contribution in [2.75, 3.05) is 6.61 Å². The fourth-order valence-electron chi connectivity index (χ4n) is 5.04. The second-order valence-electron chi connectivity index (χ2n) is 9.91. The molecule has 4 rings (SSSR count). The van der Waals surface area contributed by atoms with E-state index in [2.05, 4.69) is 43.8 Å². The van der Waals surface area contributed by atoms with E-state index in [4.69, 9.17) is 4.74 Å². The molecule has 2 aliphatic carbocycles. The summed E-state index contributed by atoms with van der Waals surface area (Å²) in [4.78, 5) is 12.5. The van der Waals surface area contributed by atoms with Crippen LogP contribution in [0, 0.1) is 5.41 Å². The molecule has 1 aromatic heterocycles. The fraction of sp³-hybridized carbons (Fsp3) is 0.565. The van der Waals surface area contributed by atoms with Gasteiger partial charge in [0.2, 0.25) is 0 Å². The maximum absolute atomic E-state index is 12.5. The van der Waals surface area contributed by atoms with Gasteiger partial charge in [-0.2, -0.15) is 5.10 Å². The molecule has 2 atom stereocenters. The number of Topliss-reactive ketones (excluding diaryl/α,β-unsaturated/α-hetero) is 1. The van der Waals surface area contributed by atoms with Crippen molar-refractivity contribution in [2.45, 2.75) is 71.6 Å². The molecule has 1 aromatic carbocycles. The molecule has 5 nitrogen and oxygen atoms in total. The number of aromatic nitrogens is 2. The van der Waals surface area contributed by atoms with E-state index in [0.717, 1.165) is 53.1 Å². The second kappa shape index (κ2) is 7.18. The van der Waals surface area contributed by atoms with Crippen molar-refractivity contribution in [3.8, 4) is 0 Å². The van der Waals surface area contributed by atoms with E-state index in [1.807, 2.05) is 17.8 Å². The third-order valence-corrected chi connectivity index (χ3v) is 8.48. The Morgan fingerprint density at radius 1 is 1.34 bits per heavy atom. The number of hydrogen-bond acceptors (Lipinski definition) is 4. The minimum atomic E-state index is -1.10. The SMILES string of the molecule is CC[C@]12Cc3c(ccc4c3cnn4COCC[Si](C)(C)C)C1=C(C)C(=O)[C@@H](O)C2. The molecular weight excluding hydrogens is 380 g/mol. The summed E-state index contributed by atoms with van der Waals surface area (Å²) in [6, 6.07) is 5.38. The molecule has 0 fully saturated rings. The molecule has 2 aromatic rings. The largest absolute Gasteiger partial charge is 0.385 e. The molecule has 6 heteroatoms. The van der Waals surface area contributed by atoms with Crippen molar-refractivity contribution >= 4 is 30.3 Å². The molecule has 0 amide bonds. The monoisotopic (exact) mass is 412 g/mol. The van der Waals surface area contributed by atoms with Crippen LogP contribution in [0.15, 0.2) is 23.9 Å². The number of allylic oxidation sites excluding steroid dienone is 1. The Hall–Kier alpha value is -1.76. The van der Waals surface area contributed by atoms with Crippen LogP contribution in [0.5, 0.6) is 0 Å². The van der Waals surface area contributed by atoms with Crippen LogP contribution in [0.3, 0.4) is 0 Å². The fourth-order valence-corrected chi connectivity index (χ4v) is 5.79. The van der Waals surface area contributed by atoms with Crippen molar-refractivity contribution < 1.29 is 14.6 Å². The number of nitrogens with zero attached hydrogens (tertiary/aromatic N) is 2. The van der Waals surface area contributed by atoms with Gasteiger partial charge < -0.3 is 9.84 Å². The van der Waals surface area contributed by atoms with Crippen molar-refractivity contribution in [3.63, 3.8) is 0 Å². The molecule has 1 heterocycles. The third kappa shape index (κ3) is 3.41. The van der Waals surface area contributed by atoms with E-state index in [1.54, 1.807) is 0 Å². The highest BCUT2D eigenvalue weighted by molar-refractivity contribution is 6.76. The summed E-state index contributed by atoms with van der Waals surface area (Å²) in [7, 11) is -1.10. The van der Waals surface area contributed by atoms with Gasteiger partial charge in [-0.15, -0.1) is 0 Å². The van der Waals surface area contributed by atoms with E-state index < -0.39 is 14.2 Å². The molecule has 0 radical (unpaired) electrons. The van der Waals surface area contributed by atoms with Crippen LogP contribution in [-0.4, -0.2) is 41.5 Å². The molecule has 0 spiro atoms. The Morgan fingerprint density at radius 2 is 2.10 bits per heavy atom. The Bertz CT molecular complexity index is 1000. The molecule has 0 saturated heterocycles. The Balaban J connectivity index is 1.68. The van der Waals surface area contributed by atoms with Crippen molar-refractivity contribution in [1.29, 1.82) is 0 Å². The van der Waals surface area contributed by atoms with Crippen molar-refractivity contribution in [1.82, 2.24) is 9.78 Å². The summed E-state index contributed by atoms with van der Waals surface area (Å²) in [5.41, 5.74) is 5.22. The van der Waals surface area contributed by atoms with E-state index in [9.17, 15) is 9.90 Å². The van der Waals surface area contributed by atoms with Gasteiger partial charge in [-0.25, -0.2) is 4.68 Å². The molecule has 1 N–H and O–H groups in total. The van der Waals surface area contributed by atoms with E-state index in [1.165, 1.54) is 5.56 Å². The van der Waals surface area contributed by atoms with Gasteiger partial charge in [-0.05, 0) is 60.6 Å². The number of aliphatic hydroxyl groups is 1. The van der Waals surface area contributed by atoms with Crippen LogP contribution < -0.4 is 0 Å². The number of fused-ring (bicyclic) bond motifs is 5. The van der Waals surface area contributed by atoms with Crippen molar-refractivity contribution in [3.05, 3.63) is 35.0 Å². The predicted octanol–water partition coefficient (Wildman–Crippen LogP) is 4.41. The van der Waals surface area contributed by atoms with E-state index in [0.29, 0.717) is 13.2 Å². The van der Waals surface area contributed by atoms with Gasteiger partial charge in [0.05, 0.1) is 11.7 Å². The van der Waals surface area contributed by atoms with E-state index >= 15 is 0 Å². The quantitative estimate of drug-likeness (QED) is 0.564. The predicted molar refractivity (Wildman–Crippen MR) is 118 cm³/mol. The lowest BCUT2D eigenvalue weighted by Gasteiger charge is -2.37. The number of hydrogen-bond donors (Lipinski definition) is 1. The zero-order chi connectivity index (χ0) is 21.0. The summed E-state index contributed by atoms with van der Waals surface area (Å²) in [5.74, 6) is -0.122. The first kappa shape index (κ1) is 20.5. The van der Waals surface area contributed by atoms with Gasteiger partial charge in [-0.1, -0.05) is 32.6 Å².